The SMILES string of the molecule is COC(=O)c1cc(C=O)ccc1C.Cc1ccc(C=O)cc1Br. The molecule has 23 heavy (non-hydrogen) atoms. The van der Waals surface area contributed by atoms with Crippen molar-refractivity contribution in [3.05, 3.63) is 68.7 Å². The summed E-state index contributed by atoms with van der Waals surface area (Å²) in [7, 11) is 1.31. The van der Waals surface area contributed by atoms with Crippen LogP contribution in [0.3, 0.4) is 0 Å². The molecule has 0 aliphatic carbocycles. The van der Waals surface area contributed by atoms with Gasteiger partial charge in [-0.1, -0.05) is 40.2 Å². The van der Waals surface area contributed by atoms with Crippen LogP contribution >= 0.6 is 15.9 Å². The lowest BCUT2D eigenvalue weighted by Crippen LogP contribution is -2.04. The largest absolute Gasteiger partial charge is 0.465 e. The molecule has 0 unspecified atom stereocenters. The van der Waals surface area contributed by atoms with Crippen molar-refractivity contribution in [3.63, 3.8) is 0 Å². The normalized spacial score (nSPS) is 9.39. The summed E-state index contributed by atoms with van der Waals surface area (Å²) in [6.45, 7) is 3.78. The van der Waals surface area contributed by atoms with Crippen LogP contribution in [-0.4, -0.2) is 25.7 Å². The van der Waals surface area contributed by atoms with E-state index in [0.717, 1.165) is 21.9 Å². The van der Waals surface area contributed by atoms with Crippen LogP contribution < -0.4 is 0 Å². The number of rotatable bonds is 3. The van der Waals surface area contributed by atoms with Gasteiger partial charge < -0.3 is 4.74 Å². The highest BCUT2D eigenvalue weighted by Crippen LogP contribution is 2.16. The Hall–Kier alpha value is -2.27. The predicted octanol–water partition coefficient (Wildman–Crippen LogP) is 4.16. The minimum Gasteiger partial charge on any atom is -0.465 e. The van der Waals surface area contributed by atoms with Crippen LogP contribution in [0, 0.1) is 13.8 Å². The Labute approximate surface area is 143 Å². The molecule has 0 amide bonds. The molecule has 0 bridgehead atoms. The van der Waals surface area contributed by atoms with Crippen molar-refractivity contribution in [2.45, 2.75) is 13.8 Å². The first-order valence-corrected chi connectivity index (χ1v) is 7.57. The molecule has 0 saturated carbocycles. The van der Waals surface area contributed by atoms with E-state index in [1.165, 1.54) is 13.2 Å². The van der Waals surface area contributed by atoms with E-state index in [-0.39, 0.29) is 0 Å². The maximum absolute atomic E-state index is 11.2. The highest BCUT2D eigenvalue weighted by atomic mass is 79.9. The quantitative estimate of drug-likeness (QED) is 0.595. The molecule has 0 heterocycles. The van der Waals surface area contributed by atoms with Crippen molar-refractivity contribution in [3.8, 4) is 0 Å². The van der Waals surface area contributed by atoms with Gasteiger partial charge in [0.25, 0.3) is 0 Å². The molecule has 0 spiro atoms. The van der Waals surface area contributed by atoms with E-state index >= 15 is 0 Å². The Bertz CT molecular complexity index is 723. The lowest BCUT2D eigenvalue weighted by atomic mass is 10.1. The third-order valence-electron chi connectivity index (χ3n) is 3.13. The smallest absolute Gasteiger partial charge is 0.338 e. The molecule has 2 aromatic carbocycles. The summed E-state index contributed by atoms with van der Waals surface area (Å²) in [6, 6.07) is 10.4. The van der Waals surface area contributed by atoms with Gasteiger partial charge >= 0.3 is 5.97 Å². The minimum absolute atomic E-state index is 0.416. The van der Waals surface area contributed by atoms with E-state index in [1.807, 2.05) is 19.1 Å². The standard InChI is InChI=1S/C10H10O3.C8H7BrO/c1-7-3-4-8(6-11)5-9(7)10(12)13-2;1-6-2-3-7(5-10)4-8(6)9/h3-6H,1-2H3;2-5H,1H3. The number of benzene rings is 2. The fraction of sp³-hybridized carbons (Fsp3) is 0.167. The zero-order chi connectivity index (χ0) is 17.4. The van der Waals surface area contributed by atoms with E-state index in [2.05, 4.69) is 20.7 Å². The third kappa shape index (κ3) is 5.45. The van der Waals surface area contributed by atoms with Crippen molar-refractivity contribution in [2.24, 2.45) is 0 Å². The van der Waals surface area contributed by atoms with Gasteiger partial charge in [-0.2, -0.15) is 0 Å². The molecule has 0 fully saturated rings. The molecule has 120 valence electrons. The van der Waals surface area contributed by atoms with Crippen LogP contribution in [0.5, 0.6) is 0 Å². The monoisotopic (exact) mass is 376 g/mol. The number of hydrogen-bond acceptors (Lipinski definition) is 4. The predicted molar refractivity (Wildman–Crippen MR) is 92.2 cm³/mol. The van der Waals surface area contributed by atoms with Gasteiger partial charge in [-0.25, -0.2) is 4.79 Å². The Morgan fingerprint density at radius 3 is 1.96 bits per heavy atom. The van der Waals surface area contributed by atoms with Crippen molar-refractivity contribution in [1.29, 1.82) is 0 Å². The van der Waals surface area contributed by atoms with Crippen LogP contribution in [0.2, 0.25) is 0 Å². The molecule has 0 aliphatic heterocycles. The molecular weight excluding hydrogens is 360 g/mol. The molecule has 0 saturated heterocycles. The molecule has 5 heteroatoms. The van der Waals surface area contributed by atoms with Crippen LogP contribution in [0.1, 0.15) is 42.2 Å². The molecule has 2 aromatic rings. The fourth-order valence-electron chi connectivity index (χ4n) is 1.73. The van der Waals surface area contributed by atoms with Gasteiger partial charge in [0.05, 0.1) is 12.7 Å². The minimum atomic E-state index is -0.416. The molecule has 0 atom stereocenters. The van der Waals surface area contributed by atoms with Gasteiger partial charge in [0.15, 0.2) is 0 Å². The van der Waals surface area contributed by atoms with Crippen LogP contribution in [0.4, 0.5) is 0 Å². The Balaban J connectivity index is 0.000000238. The number of ether oxygens (including phenoxy) is 1. The van der Waals surface area contributed by atoms with Gasteiger partial charge in [-0.05, 0) is 37.1 Å². The second-order valence-electron chi connectivity index (χ2n) is 4.81. The van der Waals surface area contributed by atoms with Crippen molar-refractivity contribution in [2.75, 3.05) is 7.11 Å². The molecule has 0 radical (unpaired) electrons. The summed E-state index contributed by atoms with van der Waals surface area (Å²) >= 11 is 3.33. The highest BCUT2D eigenvalue weighted by Gasteiger charge is 2.08. The lowest BCUT2D eigenvalue weighted by Gasteiger charge is -2.03. The molecule has 2 rings (SSSR count). The molecule has 0 aliphatic rings. The van der Waals surface area contributed by atoms with Crippen molar-refractivity contribution >= 4 is 34.5 Å². The van der Waals surface area contributed by atoms with Gasteiger partial charge in [0, 0.05) is 15.6 Å². The fourth-order valence-corrected chi connectivity index (χ4v) is 2.12. The highest BCUT2D eigenvalue weighted by molar-refractivity contribution is 9.10. The van der Waals surface area contributed by atoms with Crippen molar-refractivity contribution < 1.29 is 19.1 Å². The molecule has 4 nitrogen and oxygen atoms in total. The number of aryl methyl sites for hydroxylation is 2. The maximum Gasteiger partial charge on any atom is 0.338 e. The van der Waals surface area contributed by atoms with E-state index in [9.17, 15) is 14.4 Å². The van der Waals surface area contributed by atoms with E-state index in [1.54, 1.807) is 25.1 Å². The van der Waals surface area contributed by atoms with Crippen LogP contribution in [0.15, 0.2) is 40.9 Å². The van der Waals surface area contributed by atoms with Gasteiger partial charge in [-0.3, -0.25) is 9.59 Å². The topological polar surface area (TPSA) is 60.4 Å². The zero-order valence-corrected chi connectivity index (χ0v) is 14.7. The number of halogens is 1. The van der Waals surface area contributed by atoms with Crippen molar-refractivity contribution in [1.82, 2.24) is 0 Å². The summed E-state index contributed by atoms with van der Waals surface area (Å²) in [5, 5.41) is 0. The number of methoxy groups -OCH3 is 1. The Kier molecular flexibility index (Phi) is 7.35. The first kappa shape index (κ1) is 18.8. The zero-order valence-electron chi connectivity index (χ0n) is 13.1. The van der Waals surface area contributed by atoms with E-state index in [0.29, 0.717) is 23.0 Å². The Morgan fingerprint density at radius 2 is 1.48 bits per heavy atom. The summed E-state index contributed by atoms with van der Waals surface area (Å²) in [5.74, 6) is -0.416. The Morgan fingerprint density at radius 1 is 0.957 bits per heavy atom. The molecule has 0 N–H and O–H groups in total. The van der Waals surface area contributed by atoms with Gasteiger partial charge in [0.2, 0.25) is 0 Å². The summed E-state index contributed by atoms with van der Waals surface area (Å²) < 4.78 is 5.55. The first-order valence-electron chi connectivity index (χ1n) is 6.78. The maximum atomic E-state index is 11.2. The second-order valence-corrected chi connectivity index (χ2v) is 5.66. The first-order chi connectivity index (χ1) is 10.9. The van der Waals surface area contributed by atoms with E-state index in [4.69, 9.17) is 0 Å². The number of esters is 1. The van der Waals surface area contributed by atoms with Crippen LogP contribution in [0.25, 0.3) is 0 Å². The second kappa shape index (κ2) is 9.00. The summed E-state index contributed by atoms with van der Waals surface area (Å²) in [5.41, 5.74) is 3.57. The average Bonchev–Trinajstić information content (AvgIpc) is 2.57. The van der Waals surface area contributed by atoms with Gasteiger partial charge in [0.1, 0.15) is 12.6 Å². The lowest BCUT2D eigenvalue weighted by molar-refractivity contribution is 0.0600. The number of carbonyl (C=O) groups is 3. The number of aldehydes is 2. The average molecular weight is 377 g/mol. The van der Waals surface area contributed by atoms with Gasteiger partial charge in [-0.15, -0.1) is 0 Å². The summed E-state index contributed by atoms with van der Waals surface area (Å²) in [4.78, 5) is 31.8. The van der Waals surface area contributed by atoms with E-state index < -0.39 is 5.97 Å². The van der Waals surface area contributed by atoms with Crippen LogP contribution in [-0.2, 0) is 4.74 Å². The number of hydrogen-bond donors (Lipinski definition) is 0. The number of carbonyl (C=O) groups excluding carboxylic acids is 3. The molecule has 0 aromatic heterocycles. The third-order valence-corrected chi connectivity index (χ3v) is 3.99. The summed E-state index contributed by atoms with van der Waals surface area (Å²) in [6.07, 6.45) is 1.54. The molecular formula is C18H17BrO4.